The minimum absolute atomic E-state index is 0.0654. The molecule has 1 saturated carbocycles. The zero-order valence-corrected chi connectivity index (χ0v) is 17.6. The van der Waals surface area contributed by atoms with Crippen LogP contribution in [0.3, 0.4) is 0 Å². The summed E-state index contributed by atoms with van der Waals surface area (Å²) in [5, 5.41) is 3.10. The SMILES string of the molecule is Cc1ccc(CC(=O)N2CCC3(CC2)CC(CCNC(=O)C2CC2)CCO3)cc1. The number of hydrogen-bond donors (Lipinski definition) is 1. The van der Waals surface area contributed by atoms with Crippen molar-refractivity contribution in [1.29, 1.82) is 0 Å². The van der Waals surface area contributed by atoms with E-state index in [2.05, 4.69) is 36.5 Å². The topological polar surface area (TPSA) is 58.6 Å². The zero-order valence-electron chi connectivity index (χ0n) is 17.6. The van der Waals surface area contributed by atoms with E-state index in [0.717, 1.165) is 76.8 Å². The summed E-state index contributed by atoms with van der Waals surface area (Å²) in [6, 6.07) is 8.23. The van der Waals surface area contributed by atoms with E-state index < -0.39 is 0 Å². The average Bonchev–Trinajstić information content (AvgIpc) is 3.56. The van der Waals surface area contributed by atoms with E-state index in [-0.39, 0.29) is 23.3 Å². The molecule has 1 unspecified atom stereocenters. The number of carbonyl (C=O) groups is 2. The molecular weight excluding hydrogens is 364 g/mol. The van der Waals surface area contributed by atoms with Gasteiger partial charge in [-0.05, 0) is 63.4 Å². The normalized spacial score (nSPS) is 23.8. The lowest BCUT2D eigenvalue weighted by atomic mass is 9.78. The Morgan fingerprint density at radius 1 is 1.14 bits per heavy atom. The van der Waals surface area contributed by atoms with Crippen LogP contribution in [0.1, 0.15) is 56.1 Å². The molecule has 29 heavy (non-hydrogen) atoms. The second-order valence-electron chi connectivity index (χ2n) is 9.29. The molecular formula is C24H34N2O3. The van der Waals surface area contributed by atoms with Gasteiger partial charge >= 0.3 is 0 Å². The molecule has 3 fully saturated rings. The lowest BCUT2D eigenvalue weighted by Gasteiger charge is -2.46. The summed E-state index contributed by atoms with van der Waals surface area (Å²) >= 11 is 0. The van der Waals surface area contributed by atoms with E-state index in [9.17, 15) is 9.59 Å². The molecule has 3 aliphatic rings. The van der Waals surface area contributed by atoms with Crippen molar-refractivity contribution in [1.82, 2.24) is 10.2 Å². The van der Waals surface area contributed by atoms with Gasteiger partial charge < -0.3 is 15.0 Å². The second-order valence-corrected chi connectivity index (χ2v) is 9.29. The first-order valence-corrected chi connectivity index (χ1v) is 11.3. The Morgan fingerprint density at radius 3 is 2.55 bits per heavy atom. The zero-order chi connectivity index (χ0) is 20.3. The van der Waals surface area contributed by atoms with Crippen LogP contribution >= 0.6 is 0 Å². The van der Waals surface area contributed by atoms with Gasteiger partial charge in [0.15, 0.2) is 0 Å². The molecule has 0 bridgehead atoms. The number of amides is 2. The van der Waals surface area contributed by atoms with E-state index >= 15 is 0 Å². The molecule has 1 N–H and O–H groups in total. The van der Waals surface area contributed by atoms with Gasteiger partial charge in [0.25, 0.3) is 0 Å². The molecule has 2 amide bonds. The minimum atomic E-state index is -0.0654. The molecule has 2 saturated heterocycles. The molecule has 158 valence electrons. The number of likely N-dealkylation sites (tertiary alicyclic amines) is 1. The predicted octanol–water partition coefficient (Wildman–Crippen LogP) is 3.24. The van der Waals surface area contributed by atoms with Crippen LogP contribution in [-0.4, -0.2) is 48.6 Å². The fraction of sp³-hybridized carbons (Fsp3) is 0.667. The molecule has 1 aromatic carbocycles. The Balaban J connectivity index is 1.22. The van der Waals surface area contributed by atoms with Gasteiger partial charge in [-0.1, -0.05) is 29.8 Å². The van der Waals surface area contributed by atoms with Crippen LogP contribution in [0.5, 0.6) is 0 Å². The second kappa shape index (κ2) is 8.86. The smallest absolute Gasteiger partial charge is 0.226 e. The summed E-state index contributed by atoms with van der Waals surface area (Å²) in [7, 11) is 0. The number of aryl methyl sites for hydroxylation is 1. The summed E-state index contributed by atoms with van der Waals surface area (Å²) < 4.78 is 6.25. The van der Waals surface area contributed by atoms with Gasteiger partial charge in [-0.2, -0.15) is 0 Å². The molecule has 5 heteroatoms. The average molecular weight is 399 g/mol. The van der Waals surface area contributed by atoms with Crippen molar-refractivity contribution in [2.75, 3.05) is 26.2 Å². The maximum Gasteiger partial charge on any atom is 0.226 e. The largest absolute Gasteiger partial charge is 0.375 e. The highest BCUT2D eigenvalue weighted by Crippen LogP contribution is 2.39. The van der Waals surface area contributed by atoms with Crippen LogP contribution in [-0.2, 0) is 20.7 Å². The van der Waals surface area contributed by atoms with E-state index in [1.54, 1.807) is 0 Å². The molecule has 0 aromatic heterocycles. The monoisotopic (exact) mass is 398 g/mol. The highest BCUT2D eigenvalue weighted by molar-refractivity contribution is 5.80. The molecule has 1 spiro atoms. The summed E-state index contributed by atoms with van der Waals surface area (Å²) in [5.41, 5.74) is 2.24. The Hall–Kier alpha value is -1.88. The quantitative estimate of drug-likeness (QED) is 0.800. The Kier molecular flexibility index (Phi) is 6.23. The molecule has 5 nitrogen and oxygen atoms in total. The van der Waals surface area contributed by atoms with E-state index in [1.165, 1.54) is 5.56 Å². The van der Waals surface area contributed by atoms with Crippen LogP contribution in [0.25, 0.3) is 0 Å². The molecule has 1 aromatic rings. The van der Waals surface area contributed by atoms with Crippen molar-refractivity contribution in [3.8, 4) is 0 Å². The Bertz CT molecular complexity index is 718. The van der Waals surface area contributed by atoms with Crippen molar-refractivity contribution in [3.05, 3.63) is 35.4 Å². The number of benzene rings is 1. The molecule has 1 atom stereocenters. The third kappa shape index (κ3) is 5.39. The number of rotatable bonds is 6. The lowest BCUT2D eigenvalue weighted by Crippen LogP contribution is -2.51. The van der Waals surface area contributed by atoms with Gasteiger partial charge in [-0.3, -0.25) is 9.59 Å². The summed E-state index contributed by atoms with van der Waals surface area (Å²) in [6.07, 6.45) is 7.65. The van der Waals surface area contributed by atoms with Crippen molar-refractivity contribution in [2.45, 2.75) is 63.9 Å². The summed E-state index contributed by atoms with van der Waals surface area (Å²) in [4.78, 5) is 26.5. The van der Waals surface area contributed by atoms with Gasteiger partial charge in [0.05, 0.1) is 12.0 Å². The van der Waals surface area contributed by atoms with Crippen LogP contribution in [0.15, 0.2) is 24.3 Å². The maximum atomic E-state index is 12.7. The van der Waals surface area contributed by atoms with Gasteiger partial charge in [-0.15, -0.1) is 0 Å². The third-order valence-corrected chi connectivity index (χ3v) is 6.90. The predicted molar refractivity (Wildman–Crippen MR) is 112 cm³/mol. The van der Waals surface area contributed by atoms with Crippen LogP contribution in [0.2, 0.25) is 0 Å². The summed E-state index contributed by atoms with van der Waals surface area (Å²) in [5.74, 6) is 1.36. The number of nitrogens with zero attached hydrogens (tertiary/aromatic N) is 1. The molecule has 2 aliphatic heterocycles. The number of ether oxygens (including phenoxy) is 1. The van der Waals surface area contributed by atoms with Crippen molar-refractivity contribution >= 4 is 11.8 Å². The minimum Gasteiger partial charge on any atom is -0.375 e. The lowest BCUT2D eigenvalue weighted by molar-refractivity contribution is -0.146. The van der Waals surface area contributed by atoms with Crippen LogP contribution in [0, 0.1) is 18.8 Å². The van der Waals surface area contributed by atoms with Gasteiger partial charge in [0, 0.05) is 32.2 Å². The van der Waals surface area contributed by atoms with Crippen LogP contribution < -0.4 is 5.32 Å². The van der Waals surface area contributed by atoms with E-state index in [0.29, 0.717) is 12.3 Å². The highest BCUT2D eigenvalue weighted by Gasteiger charge is 2.41. The number of carbonyl (C=O) groups excluding carboxylic acids is 2. The first-order valence-electron chi connectivity index (χ1n) is 11.3. The van der Waals surface area contributed by atoms with Crippen LogP contribution in [0.4, 0.5) is 0 Å². The molecule has 4 rings (SSSR count). The standard InChI is InChI=1S/C24H34N2O3/c1-18-2-4-19(5-3-18)16-22(27)26-13-10-24(11-14-26)17-20(9-15-29-24)8-12-25-23(28)21-6-7-21/h2-5,20-21H,6-17H2,1H3,(H,25,28). The molecule has 2 heterocycles. The summed E-state index contributed by atoms with van der Waals surface area (Å²) in [6.45, 7) is 5.23. The van der Waals surface area contributed by atoms with E-state index in [4.69, 9.17) is 4.74 Å². The Labute approximate surface area is 174 Å². The maximum absolute atomic E-state index is 12.7. The van der Waals surface area contributed by atoms with Gasteiger partial charge in [0.1, 0.15) is 0 Å². The van der Waals surface area contributed by atoms with Crippen molar-refractivity contribution < 1.29 is 14.3 Å². The van der Waals surface area contributed by atoms with E-state index in [1.807, 2.05) is 4.90 Å². The number of hydrogen-bond acceptors (Lipinski definition) is 3. The van der Waals surface area contributed by atoms with Crippen molar-refractivity contribution in [3.63, 3.8) is 0 Å². The fourth-order valence-electron chi connectivity index (χ4n) is 4.77. The molecule has 0 radical (unpaired) electrons. The molecule has 1 aliphatic carbocycles. The number of nitrogens with one attached hydrogen (secondary N) is 1. The van der Waals surface area contributed by atoms with Gasteiger partial charge in [-0.25, -0.2) is 0 Å². The fourth-order valence-corrected chi connectivity index (χ4v) is 4.77. The number of piperidine rings is 1. The Morgan fingerprint density at radius 2 is 1.86 bits per heavy atom. The highest BCUT2D eigenvalue weighted by atomic mass is 16.5. The first kappa shape index (κ1) is 20.4. The third-order valence-electron chi connectivity index (χ3n) is 6.90. The van der Waals surface area contributed by atoms with Crippen molar-refractivity contribution in [2.24, 2.45) is 11.8 Å². The van der Waals surface area contributed by atoms with Gasteiger partial charge in [0.2, 0.25) is 11.8 Å². The first-order chi connectivity index (χ1) is 14.0.